The van der Waals surface area contributed by atoms with Gasteiger partial charge in [-0.3, -0.25) is 9.78 Å². The van der Waals surface area contributed by atoms with E-state index in [4.69, 9.17) is 0 Å². The number of hydrogen-bond acceptors (Lipinski definition) is 5. The van der Waals surface area contributed by atoms with Crippen LogP contribution in [0.1, 0.15) is 12.5 Å². The highest BCUT2D eigenvalue weighted by Gasteiger charge is 2.14. The molecule has 0 spiro atoms. The van der Waals surface area contributed by atoms with E-state index in [1.165, 1.54) is 11.8 Å². The van der Waals surface area contributed by atoms with Crippen molar-refractivity contribution in [1.29, 1.82) is 0 Å². The first kappa shape index (κ1) is 17.2. The molecule has 3 rings (SSSR count). The van der Waals surface area contributed by atoms with E-state index in [-0.39, 0.29) is 11.7 Å². The highest BCUT2D eigenvalue weighted by molar-refractivity contribution is 7.99. The normalized spacial score (nSPS) is 10.6. The van der Waals surface area contributed by atoms with E-state index in [0.29, 0.717) is 0 Å². The van der Waals surface area contributed by atoms with Crippen molar-refractivity contribution >= 4 is 23.4 Å². The molecule has 0 unspecified atom stereocenters. The summed E-state index contributed by atoms with van der Waals surface area (Å²) in [7, 11) is 0. The Labute approximate surface area is 150 Å². The fourth-order valence-electron chi connectivity index (χ4n) is 2.35. The second kappa shape index (κ2) is 7.94. The van der Waals surface area contributed by atoms with Gasteiger partial charge in [0.2, 0.25) is 5.91 Å². The Bertz CT molecular complexity index is 846. The minimum Gasteiger partial charge on any atom is -0.325 e. The van der Waals surface area contributed by atoms with E-state index in [0.717, 1.165) is 34.3 Å². The number of rotatable bonds is 6. The molecule has 1 aromatic carbocycles. The van der Waals surface area contributed by atoms with Gasteiger partial charge in [-0.25, -0.2) is 0 Å². The summed E-state index contributed by atoms with van der Waals surface area (Å²) in [4.78, 5) is 16.3. The number of amides is 1. The number of hydrogen-bond donors (Lipinski definition) is 1. The summed E-state index contributed by atoms with van der Waals surface area (Å²) in [6, 6.07) is 11.5. The van der Waals surface area contributed by atoms with E-state index >= 15 is 0 Å². The fourth-order valence-corrected chi connectivity index (χ4v) is 3.16. The number of carbonyl (C=O) groups excluding carboxylic acids is 1. The Morgan fingerprint density at radius 3 is 2.68 bits per heavy atom. The van der Waals surface area contributed by atoms with Crippen molar-refractivity contribution in [3.8, 4) is 11.4 Å². The van der Waals surface area contributed by atoms with Crippen LogP contribution in [0.5, 0.6) is 0 Å². The minimum atomic E-state index is -0.0672. The van der Waals surface area contributed by atoms with Crippen LogP contribution in [0.4, 0.5) is 5.69 Å². The monoisotopic (exact) mass is 353 g/mol. The van der Waals surface area contributed by atoms with Gasteiger partial charge in [-0.05, 0) is 38.1 Å². The number of nitrogens with one attached hydrogen (secondary N) is 1. The van der Waals surface area contributed by atoms with Crippen molar-refractivity contribution in [3.63, 3.8) is 0 Å². The molecule has 2 heterocycles. The minimum absolute atomic E-state index is 0.0672. The Hall–Kier alpha value is -2.67. The number of aryl methyl sites for hydroxylation is 1. The van der Waals surface area contributed by atoms with Crippen molar-refractivity contribution in [1.82, 2.24) is 19.7 Å². The molecule has 1 N–H and O–H groups in total. The zero-order valence-electron chi connectivity index (χ0n) is 14.1. The molecule has 128 valence electrons. The molecule has 0 aliphatic carbocycles. The summed E-state index contributed by atoms with van der Waals surface area (Å²) >= 11 is 1.37. The van der Waals surface area contributed by atoms with Gasteiger partial charge in [-0.15, -0.1) is 10.2 Å². The Kier molecular flexibility index (Phi) is 5.45. The molecule has 3 aromatic rings. The number of carbonyl (C=O) groups is 1. The van der Waals surface area contributed by atoms with Gasteiger partial charge in [-0.1, -0.05) is 29.5 Å². The highest BCUT2D eigenvalue weighted by Crippen LogP contribution is 2.23. The first-order valence-corrected chi connectivity index (χ1v) is 8.99. The molecule has 0 aliphatic rings. The number of anilines is 1. The number of thioether (sulfide) groups is 1. The van der Waals surface area contributed by atoms with Crippen molar-refractivity contribution in [2.75, 3.05) is 11.1 Å². The standard InChI is InChI=1S/C18H19N5OS/c1-3-23-17(14-5-4-10-19-11-14)21-22-18(23)25-12-16(24)20-15-8-6-13(2)7-9-15/h4-11H,3,12H2,1-2H3,(H,20,24). The smallest absolute Gasteiger partial charge is 0.234 e. The fraction of sp³-hybridized carbons (Fsp3) is 0.222. The molecule has 25 heavy (non-hydrogen) atoms. The van der Waals surface area contributed by atoms with E-state index in [9.17, 15) is 4.79 Å². The Balaban J connectivity index is 1.66. The van der Waals surface area contributed by atoms with Crippen LogP contribution in [-0.4, -0.2) is 31.4 Å². The second-order valence-electron chi connectivity index (χ2n) is 5.50. The first-order valence-electron chi connectivity index (χ1n) is 8.00. The lowest BCUT2D eigenvalue weighted by Crippen LogP contribution is -2.14. The molecule has 7 heteroatoms. The van der Waals surface area contributed by atoms with Gasteiger partial charge in [0.1, 0.15) is 0 Å². The Morgan fingerprint density at radius 2 is 2.00 bits per heavy atom. The lowest BCUT2D eigenvalue weighted by atomic mass is 10.2. The van der Waals surface area contributed by atoms with Gasteiger partial charge in [0, 0.05) is 30.2 Å². The largest absolute Gasteiger partial charge is 0.325 e. The second-order valence-corrected chi connectivity index (χ2v) is 6.44. The highest BCUT2D eigenvalue weighted by atomic mass is 32.2. The van der Waals surface area contributed by atoms with Crippen molar-refractivity contribution in [2.45, 2.75) is 25.5 Å². The molecule has 0 saturated carbocycles. The van der Waals surface area contributed by atoms with Gasteiger partial charge < -0.3 is 9.88 Å². The van der Waals surface area contributed by atoms with Crippen LogP contribution in [0.15, 0.2) is 53.9 Å². The van der Waals surface area contributed by atoms with Gasteiger partial charge in [0.25, 0.3) is 0 Å². The third-order valence-corrected chi connectivity index (χ3v) is 4.59. The molecule has 0 bridgehead atoms. The van der Waals surface area contributed by atoms with E-state index in [1.807, 2.05) is 54.8 Å². The van der Waals surface area contributed by atoms with Crippen LogP contribution in [-0.2, 0) is 11.3 Å². The van der Waals surface area contributed by atoms with Gasteiger partial charge in [0.05, 0.1) is 5.75 Å². The van der Waals surface area contributed by atoms with Crippen LogP contribution in [0.2, 0.25) is 0 Å². The van der Waals surface area contributed by atoms with Crippen LogP contribution in [0.3, 0.4) is 0 Å². The average molecular weight is 353 g/mol. The molecule has 6 nitrogen and oxygen atoms in total. The van der Waals surface area contributed by atoms with Gasteiger partial charge >= 0.3 is 0 Å². The van der Waals surface area contributed by atoms with Crippen molar-refractivity contribution < 1.29 is 4.79 Å². The summed E-state index contributed by atoms with van der Waals surface area (Å²) in [5.41, 5.74) is 2.86. The van der Waals surface area contributed by atoms with E-state index in [1.54, 1.807) is 12.4 Å². The summed E-state index contributed by atoms with van der Waals surface area (Å²) in [5, 5.41) is 12.1. The molecule has 1 amide bonds. The third-order valence-electron chi connectivity index (χ3n) is 3.62. The number of benzene rings is 1. The third kappa shape index (κ3) is 4.24. The summed E-state index contributed by atoms with van der Waals surface area (Å²) in [6.45, 7) is 4.76. The first-order chi connectivity index (χ1) is 12.2. The number of nitrogens with zero attached hydrogens (tertiary/aromatic N) is 4. The zero-order chi connectivity index (χ0) is 17.6. The van der Waals surface area contributed by atoms with Crippen LogP contribution in [0, 0.1) is 6.92 Å². The predicted octanol–water partition coefficient (Wildman–Crippen LogP) is 3.40. The van der Waals surface area contributed by atoms with Crippen LogP contribution >= 0.6 is 11.8 Å². The molecular weight excluding hydrogens is 334 g/mol. The van der Waals surface area contributed by atoms with Crippen molar-refractivity contribution in [3.05, 3.63) is 54.4 Å². The van der Waals surface area contributed by atoms with Crippen LogP contribution in [0.25, 0.3) is 11.4 Å². The molecule has 0 aliphatic heterocycles. The SMILES string of the molecule is CCn1c(SCC(=O)Nc2ccc(C)cc2)nnc1-c1cccnc1. The molecular formula is C18H19N5OS. The zero-order valence-corrected chi connectivity index (χ0v) is 15.0. The number of pyridine rings is 1. The van der Waals surface area contributed by atoms with Gasteiger partial charge in [-0.2, -0.15) is 0 Å². The summed E-state index contributed by atoms with van der Waals surface area (Å²) in [5.74, 6) is 0.971. The van der Waals surface area contributed by atoms with Crippen molar-refractivity contribution in [2.24, 2.45) is 0 Å². The molecule has 2 aromatic heterocycles. The van der Waals surface area contributed by atoms with Gasteiger partial charge in [0.15, 0.2) is 11.0 Å². The number of aromatic nitrogens is 4. The van der Waals surface area contributed by atoms with E-state index < -0.39 is 0 Å². The Morgan fingerprint density at radius 1 is 1.20 bits per heavy atom. The molecule has 0 saturated heterocycles. The maximum absolute atomic E-state index is 12.1. The maximum atomic E-state index is 12.1. The molecule has 0 radical (unpaired) electrons. The predicted molar refractivity (Wildman–Crippen MR) is 99.5 cm³/mol. The quantitative estimate of drug-likeness (QED) is 0.688. The summed E-state index contributed by atoms with van der Waals surface area (Å²) in [6.07, 6.45) is 3.48. The molecule has 0 atom stereocenters. The van der Waals surface area contributed by atoms with E-state index in [2.05, 4.69) is 20.5 Å². The average Bonchev–Trinajstić information content (AvgIpc) is 3.05. The lowest BCUT2D eigenvalue weighted by molar-refractivity contribution is -0.113. The summed E-state index contributed by atoms with van der Waals surface area (Å²) < 4.78 is 1.99. The maximum Gasteiger partial charge on any atom is 0.234 e. The van der Waals surface area contributed by atoms with Crippen LogP contribution < -0.4 is 5.32 Å². The topological polar surface area (TPSA) is 72.7 Å². The lowest BCUT2D eigenvalue weighted by Gasteiger charge is -2.08. The molecule has 0 fully saturated rings.